The van der Waals surface area contributed by atoms with Crippen LogP contribution in [0, 0.1) is 6.92 Å². The molecule has 1 aromatic heterocycles. The topological polar surface area (TPSA) is 213 Å². The van der Waals surface area contributed by atoms with Crippen LogP contribution in [0.4, 0.5) is 0 Å². The van der Waals surface area contributed by atoms with Crippen LogP contribution in [-0.2, 0) is 36.3 Å². The highest BCUT2D eigenvalue weighted by atomic mass is 33.1. The Morgan fingerprint density at radius 3 is 2.53 bits per heavy atom. The van der Waals surface area contributed by atoms with Crippen LogP contribution in [0.15, 0.2) is 17.2 Å². The predicted molar refractivity (Wildman–Crippen MR) is 112 cm³/mol. The van der Waals surface area contributed by atoms with Gasteiger partial charge in [0, 0.05) is 18.8 Å². The summed E-state index contributed by atoms with van der Waals surface area (Å²) in [4.78, 5) is 51.8. The second kappa shape index (κ2) is 11.6. The lowest BCUT2D eigenvalue weighted by molar-refractivity contribution is -0.0543. The number of aryl methyl sites for hydroxylation is 1. The molecule has 1 aromatic rings. The summed E-state index contributed by atoms with van der Waals surface area (Å²) in [6.45, 7) is 1.02. The third-order valence-electron chi connectivity index (χ3n) is 3.70. The maximum atomic E-state index is 12.1. The van der Waals surface area contributed by atoms with Gasteiger partial charge in [-0.3, -0.25) is 9.09 Å². The van der Waals surface area contributed by atoms with Crippen LogP contribution in [0.2, 0.25) is 0 Å². The van der Waals surface area contributed by atoms with Crippen molar-refractivity contribution in [3.05, 3.63) is 28.4 Å². The lowest BCUT2D eigenvalue weighted by Gasteiger charge is -2.21. The molecule has 0 radical (unpaired) electrons. The lowest BCUT2D eigenvalue weighted by atomic mass is 10.2. The Labute approximate surface area is 189 Å². The molecule has 0 aliphatic carbocycles. The van der Waals surface area contributed by atoms with E-state index in [2.05, 4.69) is 18.1 Å². The Morgan fingerprint density at radius 2 is 1.91 bits per heavy atom. The molecular formula is C12H21N2O13P3S2. The highest BCUT2D eigenvalue weighted by Gasteiger charge is 2.43. The fourth-order valence-electron chi connectivity index (χ4n) is 2.57. The molecule has 1 aliphatic rings. The quantitative estimate of drug-likeness (QED) is 0.124. The van der Waals surface area contributed by atoms with E-state index in [-0.39, 0.29) is 12.4 Å². The summed E-state index contributed by atoms with van der Waals surface area (Å²) in [7, 11) is -13.7. The third-order valence-corrected chi connectivity index (χ3v) is 8.97. The van der Waals surface area contributed by atoms with Crippen LogP contribution >= 0.6 is 45.1 Å². The molecule has 15 nitrogen and oxygen atoms in total. The maximum absolute atomic E-state index is 12.1. The Balaban J connectivity index is 2.09. The number of phosphoric ester groups is 1. The normalized spacial score (nSPS) is 25.4. The van der Waals surface area contributed by atoms with Gasteiger partial charge in [0.1, 0.15) is 18.3 Å². The molecule has 32 heavy (non-hydrogen) atoms. The molecule has 2 rings (SSSR count). The summed E-state index contributed by atoms with van der Waals surface area (Å²) < 4.78 is 58.7. The minimum absolute atomic E-state index is 0.157. The molecule has 1 saturated heterocycles. The molecule has 4 N–H and O–H groups in total. The van der Waals surface area contributed by atoms with Crippen LogP contribution < -0.4 is 5.69 Å². The van der Waals surface area contributed by atoms with Gasteiger partial charge in [-0.25, -0.2) is 23.5 Å². The Hall–Kier alpha value is -0.0900. The fourth-order valence-corrected chi connectivity index (χ4v) is 6.38. The summed E-state index contributed by atoms with van der Waals surface area (Å²) in [6, 6.07) is 0. The first-order chi connectivity index (χ1) is 14.7. The molecule has 5 atom stereocenters. The van der Waals surface area contributed by atoms with Crippen molar-refractivity contribution in [3.63, 3.8) is 0 Å². The minimum Gasteiger partial charge on any atom is -0.364 e. The number of ether oxygens (including phenoxy) is 2. The monoisotopic (exact) mass is 558 g/mol. The molecule has 0 saturated carbocycles. The van der Waals surface area contributed by atoms with E-state index < -0.39 is 54.2 Å². The van der Waals surface area contributed by atoms with Crippen molar-refractivity contribution in [1.82, 2.24) is 9.55 Å². The first-order valence-electron chi connectivity index (χ1n) is 8.47. The van der Waals surface area contributed by atoms with Crippen molar-refractivity contribution in [2.75, 3.05) is 18.8 Å². The van der Waals surface area contributed by atoms with Gasteiger partial charge in [-0.15, -0.1) is 0 Å². The molecule has 1 fully saturated rings. The summed E-state index contributed by atoms with van der Waals surface area (Å²) >= 11 is 0. The van der Waals surface area contributed by atoms with Gasteiger partial charge in [0.25, 0.3) is 0 Å². The molecule has 20 heteroatoms. The third kappa shape index (κ3) is 9.28. The van der Waals surface area contributed by atoms with Crippen molar-refractivity contribution in [2.45, 2.75) is 31.8 Å². The van der Waals surface area contributed by atoms with Gasteiger partial charge in [-0.05, 0) is 18.7 Å². The second-order valence-electron chi connectivity index (χ2n) is 6.18. The average Bonchev–Trinajstić information content (AvgIpc) is 3.02. The van der Waals surface area contributed by atoms with E-state index in [1.54, 1.807) is 6.92 Å². The highest BCUT2D eigenvalue weighted by Crippen LogP contribution is 2.66. The van der Waals surface area contributed by atoms with Gasteiger partial charge < -0.3 is 29.0 Å². The van der Waals surface area contributed by atoms with Crippen molar-refractivity contribution in [1.29, 1.82) is 0 Å². The Bertz CT molecular complexity index is 987. The molecule has 2 heterocycles. The van der Waals surface area contributed by atoms with Gasteiger partial charge in [-0.1, -0.05) is 21.6 Å². The SMILES string of the molecule is CSSCO[C@H]1C[C@H](n2cc(C)cnc2=O)O[C@@H]1COP(=O)(O)OP(=O)(O)OP(=O)(O)O. The molecule has 0 amide bonds. The van der Waals surface area contributed by atoms with Gasteiger partial charge in [0.05, 0.1) is 12.7 Å². The standard InChI is InChI=1S/C12H21N2O13P3S2/c1-8-4-13-12(15)14(5-8)11-3-9(23-7-32-31-2)10(25-11)6-24-29(19,20)27-30(21,22)26-28(16,17)18/h4-5,9-11H,3,6-7H2,1-2H3,(H,19,20)(H,21,22)(H2,16,17,18)/t9-,10+,11+/m0/s1. The number of hydrogen-bond donors (Lipinski definition) is 4. The van der Waals surface area contributed by atoms with E-state index in [1.807, 2.05) is 6.26 Å². The van der Waals surface area contributed by atoms with Crippen LogP contribution in [0.25, 0.3) is 0 Å². The van der Waals surface area contributed by atoms with E-state index in [0.29, 0.717) is 5.56 Å². The first-order valence-corrected chi connectivity index (χ1v) is 15.7. The molecule has 1 aliphatic heterocycles. The highest BCUT2D eigenvalue weighted by molar-refractivity contribution is 8.76. The molecule has 184 valence electrons. The largest absolute Gasteiger partial charge is 0.490 e. The fraction of sp³-hybridized carbons (Fsp3) is 0.667. The van der Waals surface area contributed by atoms with E-state index in [4.69, 9.17) is 19.3 Å². The van der Waals surface area contributed by atoms with Gasteiger partial charge >= 0.3 is 29.2 Å². The maximum Gasteiger partial charge on any atom is 0.490 e. The Morgan fingerprint density at radius 1 is 1.22 bits per heavy atom. The number of rotatable bonds is 12. The molecular weight excluding hydrogens is 537 g/mol. The number of aromatic nitrogens is 2. The lowest BCUT2D eigenvalue weighted by Crippen LogP contribution is -2.29. The van der Waals surface area contributed by atoms with Crippen LogP contribution in [0.5, 0.6) is 0 Å². The summed E-state index contributed by atoms with van der Waals surface area (Å²) in [5.41, 5.74) is 0.0895. The predicted octanol–water partition coefficient (Wildman–Crippen LogP) is 1.54. The van der Waals surface area contributed by atoms with E-state index in [9.17, 15) is 28.3 Å². The molecule has 0 spiro atoms. The smallest absolute Gasteiger partial charge is 0.364 e. The second-order valence-corrected chi connectivity index (χ2v) is 13.1. The Kier molecular flexibility index (Phi) is 10.2. The summed E-state index contributed by atoms with van der Waals surface area (Å²) in [5, 5.41) is 0. The van der Waals surface area contributed by atoms with Crippen molar-refractivity contribution < 1.29 is 55.9 Å². The van der Waals surface area contributed by atoms with Crippen molar-refractivity contribution >= 4 is 45.1 Å². The zero-order valence-electron chi connectivity index (χ0n) is 16.5. The van der Waals surface area contributed by atoms with Gasteiger partial charge in [-0.2, -0.15) is 8.62 Å². The van der Waals surface area contributed by atoms with Gasteiger partial charge in [0.2, 0.25) is 0 Å². The van der Waals surface area contributed by atoms with Crippen LogP contribution in [0.1, 0.15) is 18.2 Å². The van der Waals surface area contributed by atoms with E-state index >= 15 is 0 Å². The summed E-state index contributed by atoms with van der Waals surface area (Å²) in [6.07, 6.45) is 2.31. The average molecular weight is 558 g/mol. The van der Waals surface area contributed by atoms with Crippen LogP contribution in [-0.4, -0.2) is 60.1 Å². The van der Waals surface area contributed by atoms with Crippen LogP contribution in [0.3, 0.4) is 0 Å². The number of nitrogens with zero attached hydrogens (tertiary/aromatic N) is 2. The van der Waals surface area contributed by atoms with Crippen molar-refractivity contribution in [3.8, 4) is 0 Å². The molecule has 0 aromatic carbocycles. The van der Waals surface area contributed by atoms with Crippen molar-refractivity contribution in [2.24, 2.45) is 0 Å². The zero-order chi connectivity index (χ0) is 24.2. The van der Waals surface area contributed by atoms with E-state index in [0.717, 1.165) is 0 Å². The van der Waals surface area contributed by atoms with E-state index in [1.165, 1.54) is 38.5 Å². The first kappa shape index (κ1) is 28.1. The zero-order valence-corrected chi connectivity index (χ0v) is 20.8. The van der Waals surface area contributed by atoms with Gasteiger partial charge in [0.15, 0.2) is 0 Å². The number of phosphoric acid groups is 3. The molecule has 2 unspecified atom stereocenters. The molecule has 0 bridgehead atoms. The minimum atomic E-state index is -5.64. The summed E-state index contributed by atoms with van der Waals surface area (Å²) in [5.74, 6) is 0.217. The number of hydrogen-bond acceptors (Lipinski definition) is 12.